The van der Waals surface area contributed by atoms with Crippen molar-refractivity contribution in [1.82, 2.24) is 14.8 Å². The fraction of sp³-hybridized carbons (Fsp3) is 0.143. The predicted octanol–water partition coefficient (Wildman–Crippen LogP) is 2.03. The molecular formula is C14H13N3O2. The Morgan fingerprint density at radius 1 is 1.32 bits per heavy atom. The third-order valence-corrected chi connectivity index (χ3v) is 3.15. The van der Waals surface area contributed by atoms with Crippen molar-refractivity contribution < 1.29 is 4.74 Å². The van der Waals surface area contributed by atoms with Crippen LogP contribution in [0.4, 0.5) is 0 Å². The Bertz CT molecular complexity index is 802. The predicted molar refractivity (Wildman–Crippen MR) is 73.0 cm³/mol. The highest BCUT2D eigenvalue weighted by molar-refractivity contribution is 5.84. The molecule has 0 aliphatic rings. The van der Waals surface area contributed by atoms with Crippen LogP contribution in [-0.4, -0.2) is 21.9 Å². The normalized spacial score (nSPS) is 10.8. The van der Waals surface area contributed by atoms with Crippen LogP contribution >= 0.6 is 0 Å². The summed E-state index contributed by atoms with van der Waals surface area (Å²) >= 11 is 0. The fourth-order valence-electron chi connectivity index (χ4n) is 2.18. The number of H-pyrrole nitrogens is 1. The number of benzene rings is 1. The van der Waals surface area contributed by atoms with Crippen molar-refractivity contribution in [2.45, 2.75) is 6.92 Å². The second-order valence-corrected chi connectivity index (χ2v) is 4.33. The van der Waals surface area contributed by atoms with Gasteiger partial charge in [-0.3, -0.25) is 14.5 Å². The number of pyridine rings is 1. The van der Waals surface area contributed by atoms with Crippen molar-refractivity contribution in [3.8, 4) is 11.7 Å². The molecule has 0 saturated carbocycles. The van der Waals surface area contributed by atoms with Gasteiger partial charge in [-0.25, -0.2) is 0 Å². The van der Waals surface area contributed by atoms with Crippen LogP contribution in [0.5, 0.6) is 5.88 Å². The number of ether oxygens (including phenoxy) is 1. The van der Waals surface area contributed by atoms with Gasteiger partial charge in [0.25, 0.3) is 5.56 Å². The van der Waals surface area contributed by atoms with Gasteiger partial charge in [0.05, 0.1) is 12.5 Å². The molecule has 2 heterocycles. The molecule has 2 aromatic heterocycles. The number of hydrogen-bond acceptors (Lipinski definition) is 3. The molecule has 0 aliphatic carbocycles. The number of fused-ring (bicyclic) bond motifs is 1. The monoisotopic (exact) mass is 255 g/mol. The smallest absolute Gasteiger partial charge is 0.264 e. The van der Waals surface area contributed by atoms with E-state index >= 15 is 0 Å². The van der Waals surface area contributed by atoms with Crippen LogP contribution in [0.1, 0.15) is 5.56 Å². The van der Waals surface area contributed by atoms with Gasteiger partial charge in [0.15, 0.2) is 0 Å². The summed E-state index contributed by atoms with van der Waals surface area (Å²) in [6, 6.07) is 9.41. The van der Waals surface area contributed by atoms with Gasteiger partial charge in [0.2, 0.25) is 5.88 Å². The van der Waals surface area contributed by atoms with Crippen molar-refractivity contribution in [2.24, 2.45) is 0 Å². The van der Waals surface area contributed by atoms with E-state index in [-0.39, 0.29) is 5.56 Å². The topological polar surface area (TPSA) is 59.9 Å². The standard InChI is InChI=1S/C14H13N3O2/c1-9-4-3-5-10-6-7-17(14(18)13(9)10)11-8-12(19-2)16-15-11/h3-8H,1-2H3,(H,15,16). The molecule has 0 spiro atoms. The van der Waals surface area contributed by atoms with E-state index in [9.17, 15) is 4.79 Å². The van der Waals surface area contributed by atoms with Crippen molar-refractivity contribution in [2.75, 3.05) is 7.11 Å². The summed E-state index contributed by atoms with van der Waals surface area (Å²) in [7, 11) is 1.53. The Balaban J connectivity index is 2.28. The minimum atomic E-state index is -0.0677. The van der Waals surface area contributed by atoms with Crippen molar-refractivity contribution in [3.63, 3.8) is 0 Å². The van der Waals surface area contributed by atoms with E-state index in [1.165, 1.54) is 11.7 Å². The molecule has 0 bridgehead atoms. The van der Waals surface area contributed by atoms with Crippen LogP contribution in [0.25, 0.3) is 16.6 Å². The highest BCUT2D eigenvalue weighted by Crippen LogP contribution is 2.16. The molecule has 5 nitrogen and oxygen atoms in total. The molecule has 3 aromatic rings. The van der Waals surface area contributed by atoms with Crippen LogP contribution in [0.15, 0.2) is 41.3 Å². The molecule has 19 heavy (non-hydrogen) atoms. The molecule has 0 amide bonds. The average Bonchev–Trinajstić information content (AvgIpc) is 2.88. The van der Waals surface area contributed by atoms with Crippen molar-refractivity contribution >= 4 is 10.8 Å². The lowest BCUT2D eigenvalue weighted by Crippen LogP contribution is -2.18. The van der Waals surface area contributed by atoms with Gasteiger partial charge in [-0.2, -0.15) is 0 Å². The number of aromatic nitrogens is 3. The summed E-state index contributed by atoms with van der Waals surface area (Å²) in [4.78, 5) is 12.5. The van der Waals surface area contributed by atoms with Crippen molar-refractivity contribution in [1.29, 1.82) is 0 Å². The minimum absolute atomic E-state index is 0.0677. The van der Waals surface area contributed by atoms with E-state index in [2.05, 4.69) is 10.2 Å². The van der Waals surface area contributed by atoms with E-state index < -0.39 is 0 Å². The molecule has 0 fully saturated rings. The molecule has 1 N–H and O–H groups in total. The Morgan fingerprint density at radius 3 is 2.89 bits per heavy atom. The Hall–Kier alpha value is -2.56. The fourth-order valence-corrected chi connectivity index (χ4v) is 2.18. The number of nitrogens with zero attached hydrogens (tertiary/aromatic N) is 2. The summed E-state index contributed by atoms with van der Waals surface area (Å²) in [5.41, 5.74) is 0.894. The third kappa shape index (κ3) is 1.79. The molecule has 0 saturated heterocycles. The molecule has 0 atom stereocenters. The van der Waals surface area contributed by atoms with E-state index in [4.69, 9.17) is 4.74 Å². The Kier molecular flexibility index (Phi) is 2.59. The SMILES string of the molecule is COc1cc(-n2ccc3cccc(C)c3c2=O)[nH]n1. The van der Waals surface area contributed by atoms with E-state index in [0.717, 1.165) is 16.3 Å². The molecule has 0 unspecified atom stereocenters. The summed E-state index contributed by atoms with van der Waals surface area (Å²) in [5, 5.41) is 8.39. The van der Waals surface area contributed by atoms with Gasteiger partial charge >= 0.3 is 0 Å². The molecule has 0 aliphatic heterocycles. The summed E-state index contributed by atoms with van der Waals surface area (Å²) in [6.07, 6.45) is 1.73. The summed E-state index contributed by atoms with van der Waals surface area (Å²) < 4.78 is 6.54. The molecule has 3 rings (SSSR count). The van der Waals surface area contributed by atoms with Crippen LogP contribution < -0.4 is 10.3 Å². The van der Waals surface area contributed by atoms with Gasteiger partial charge < -0.3 is 4.74 Å². The van der Waals surface area contributed by atoms with Crippen LogP contribution in [0, 0.1) is 6.92 Å². The quantitative estimate of drug-likeness (QED) is 0.762. The maximum atomic E-state index is 12.5. The molecular weight excluding hydrogens is 242 g/mol. The molecule has 96 valence electrons. The van der Waals surface area contributed by atoms with Gasteiger partial charge in [-0.15, -0.1) is 5.10 Å². The van der Waals surface area contributed by atoms with E-state index in [1.807, 2.05) is 31.2 Å². The largest absolute Gasteiger partial charge is 0.480 e. The second kappa shape index (κ2) is 4.28. The average molecular weight is 255 g/mol. The first-order valence-electron chi connectivity index (χ1n) is 5.91. The zero-order valence-electron chi connectivity index (χ0n) is 10.7. The third-order valence-electron chi connectivity index (χ3n) is 3.15. The first-order chi connectivity index (χ1) is 9.20. The highest BCUT2D eigenvalue weighted by Gasteiger charge is 2.09. The Labute approximate surface area is 109 Å². The number of aryl methyl sites for hydroxylation is 1. The van der Waals surface area contributed by atoms with Crippen molar-refractivity contribution in [3.05, 3.63) is 52.4 Å². The Morgan fingerprint density at radius 2 is 2.16 bits per heavy atom. The highest BCUT2D eigenvalue weighted by atomic mass is 16.5. The lowest BCUT2D eigenvalue weighted by Gasteiger charge is -2.06. The number of nitrogens with one attached hydrogen (secondary N) is 1. The maximum Gasteiger partial charge on any atom is 0.264 e. The molecule has 1 aromatic carbocycles. The lowest BCUT2D eigenvalue weighted by molar-refractivity contribution is 0.397. The van der Waals surface area contributed by atoms with E-state index in [0.29, 0.717) is 11.7 Å². The summed E-state index contributed by atoms with van der Waals surface area (Å²) in [5.74, 6) is 1.04. The number of aromatic amines is 1. The first kappa shape index (κ1) is 11.5. The maximum absolute atomic E-state index is 12.5. The number of hydrogen-bond donors (Lipinski definition) is 1. The minimum Gasteiger partial charge on any atom is -0.480 e. The second-order valence-electron chi connectivity index (χ2n) is 4.33. The van der Waals surface area contributed by atoms with Gasteiger partial charge in [0, 0.05) is 12.3 Å². The molecule has 0 radical (unpaired) electrons. The zero-order valence-corrected chi connectivity index (χ0v) is 10.7. The number of methoxy groups -OCH3 is 1. The van der Waals surface area contributed by atoms with Crippen LogP contribution in [0.3, 0.4) is 0 Å². The number of rotatable bonds is 2. The van der Waals surface area contributed by atoms with Crippen LogP contribution in [0.2, 0.25) is 0 Å². The van der Waals surface area contributed by atoms with Gasteiger partial charge in [0.1, 0.15) is 5.82 Å². The van der Waals surface area contributed by atoms with Gasteiger partial charge in [-0.05, 0) is 23.9 Å². The first-order valence-corrected chi connectivity index (χ1v) is 5.91. The lowest BCUT2D eigenvalue weighted by atomic mass is 10.1. The summed E-state index contributed by atoms with van der Waals surface area (Å²) in [6.45, 7) is 1.93. The molecule has 5 heteroatoms. The van der Waals surface area contributed by atoms with Gasteiger partial charge in [-0.1, -0.05) is 18.2 Å². The zero-order chi connectivity index (χ0) is 13.4. The van der Waals surface area contributed by atoms with E-state index in [1.54, 1.807) is 12.3 Å². The van der Waals surface area contributed by atoms with Crippen LogP contribution in [-0.2, 0) is 0 Å².